The van der Waals surface area contributed by atoms with Gasteiger partial charge in [-0.3, -0.25) is 19.2 Å². The van der Waals surface area contributed by atoms with Gasteiger partial charge in [0.15, 0.2) is 0 Å². The standard InChI is InChI=1S/C13H22O4.C6H10O4/c14-11(15)7-3-1-2-4-8-13(12(16)17)9-5-6-10-13;7-5(8)3-1-2-4-6(9)10/h1-10H2,(H,14,15)(H,16,17);1-4H2,(H,7,8)(H,9,10). The second kappa shape index (κ2) is 14.0. The molecule has 0 heterocycles. The zero-order valence-corrected chi connectivity index (χ0v) is 15.8. The maximum absolute atomic E-state index is 11.3. The van der Waals surface area contributed by atoms with Crippen LogP contribution in [0.25, 0.3) is 0 Å². The van der Waals surface area contributed by atoms with Gasteiger partial charge in [-0.25, -0.2) is 0 Å². The van der Waals surface area contributed by atoms with Crippen LogP contribution in [0.3, 0.4) is 0 Å². The van der Waals surface area contributed by atoms with Gasteiger partial charge in [-0.05, 0) is 38.5 Å². The molecule has 0 aromatic rings. The zero-order valence-electron chi connectivity index (χ0n) is 15.8. The van der Waals surface area contributed by atoms with E-state index >= 15 is 0 Å². The highest BCUT2D eigenvalue weighted by Gasteiger charge is 2.40. The second-order valence-corrected chi connectivity index (χ2v) is 7.10. The minimum atomic E-state index is -0.870. The Hall–Kier alpha value is -2.12. The van der Waals surface area contributed by atoms with E-state index in [1.807, 2.05) is 0 Å². The molecule has 0 radical (unpaired) electrons. The van der Waals surface area contributed by atoms with Crippen molar-refractivity contribution in [2.75, 3.05) is 0 Å². The Morgan fingerprint density at radius 3 is 1.33 bits per heavy atom. The molecule has 0 atom stereocenters. The highest BCUT2D eigenvalue weighted by atomic mass is 16.4. The minimum Gasteiger partial charge on any atom is -0.481 e. The number of rotatable bonds is 13. The van der Waals surface area contributed by atoms with Crippen LogP contribution in [-0.2, 0) is 19.2 Å². The predicted octanol–water partition coefficient (Wildman–Crippen LogP) is 3.77. The van der Waals surface area contributed by atoms with E-state index in [4.69, 9.17) is 15.3 Å². The maximum atomic E-state index is 11.3. The van der Waals surface area contributed by atoms with E-state index in [0.29, 0.717) is 19.3 Å². The number of carboxylic acids is 4. The normalized spacial score (nSPS) is 14.8. The van der Waals surface area contributed by atoms with Crippen LogP contribution >= 0.6 is 0 Å². The molecule has 1 rings (SSSR count). The van der Waals surface area contributed by atoms with Gasteiger partial charge in [-0.1, -0.05) is 32.1 Å². The van der Waals surface area contributed by atoms with E-state index in [1.54, 1.807) is 0 Å². The molecule has 8 nitrogen and oxygen atoms in total. The van der Waals surface area contributed by atoms with Crippen LogP contribution in [0.1, 0.15) is 89.9 Å². The summed E-state index contributed by atoms with van der Waals surface area (Å²) in [6, 6.07) is 0. The van der Waals surface area contributed by atoms with Crippen molar-refractivity contribution in [1.82, 2.24) is 0 Å². The lowest BCUT2D eigenvalue weighted by atomic mass is 9.81. The van der Waals surface area contributed by atoms with Gasteiger partial charge in [0.2, 0.25) is 0 Å². The Balaban J connectivity index is 0.000000580. The fraction of sp³-hybridized carbons (Fsp3) is 0.789. The van der Waals surface area contributed by atoms with E-state index in [0.717, 1.165) is 51.4 Å². The minimum absolute atomic E-state index is 0.0628. The summed E-state index contributed by atoms with van der Waals surface area (Å²) < 4.78 is 0. The number of unbranched alkanes of at least 4 members (excludes halogenated alkanes) is 4. The lowest BCUT2D eigenvalue weighted by molar-refractivity contribution is -0.149. The zero-order chi connectivity index (χ0) is 20.7. The van der Waals surface area contributed by atoms with Gasteiger partial charge in [0.25, 0.3) is 0 Å². The highest BCUT2D eigenvalue weighted by Crippen LogP contribution is 2.42. The molecule has 0 spiro atoms. The van der Waals surface area contributed by atoms with E-state index in [9.17, 15) is 24.3 Å². The van der Waals surface area contributed by atoms with Gasteiger partial charge in [0, 0.05) is 19.3 Å². The molecule has 156 valence electrons. The Morgan fingerprint density at radius 1 is 0.593 bits per heavy atom. The Morgan fingerprint density at radius 2 is 0.963 bits per heavy atom. The molecular formula is C19H32O8. The van der Waals surface area contributed by atoms with Crippen molar-refractivity contribution >= 4 is 23.9 Å². The summed E-state index contributed by atoms with van der Waals surface area (Å²) in [5.74, 6) is -3.13. The molecule has 0 bridgehead atoms. The molecule has 0 aromatic carbocycles. The third-order valence-electron chi connectivity index (χ3n) is 4.84. The molecule has 0 aliphatic heterocycles. The Labute approximate surface area is 159 Å². The van der Waals surface area contributed by atoms with Gasteiger partial charge in [-0.15, -0.1) is 0 Å². The van der Waals surface area contributed by atoms with Crippen molar-refractivity contribution in [3.8, 4) is 0 Å². The van der Waals surface area contributed by atoms with Crippen LogP contribution in [0.5, 0.6) is 0 Å². The second-order valence-electron chi connectivity index (χ2n) is 7.10. The number of carbonyl (C=O) groups is 4. The van der Waals surface area contributed by atoms with Crippen LogP contribution < -0.4 is 0 Å². The molecule has 1 saturated carbocycles. The number of hydrogen-bond acceptors (Lipinski definition) is 4. The van der Waals surface area contributed by atoms with Gasteiger partial charge < -0.3 is 20.4 Å². The van der Waals surface area contributed by atoms with Gasteiger partial charge in [0.1, 0.15) is 0 Å². The summed E-state index contributed by atoms with van der Waals surface area (Å²) in [4.78, 5) is 41.4. The summed E-state index contributed by atoms with van der Waals surface area (Å²) in [5.41, 5.74) is -0.465. The van der Waals surface area contributed by atoms with Crippen LogP contribution in [-0.4, -0.2) is 44.3 Å². The lowest BCUT2D eigenvalue weighted by Crippen LogP contribution is -2.27. The highest BCUT2D eigenvalue weighted by molar-refractivity contribution is 5.74. The predicted molar refractivity (Wildman–Crippen MR) is 97.6 cm³/mol. The number of hydrogen-bond donors (Lipinski definition) is 4. The molecule has 4 N–H and O–H groups in total. The van der Waals surface area contributed by atoms with Crippen LogP contribution in [0.2, 0.25) is 0 Å². The maximum Gasteiger partial charge on any atom is 0.309 e. The fourth-order valence-corrected chi connectivity index (χ4v) is 3.27. The van der Waals surface area contributed by atoms with Gasteiger partial charge in [0.05, 0.1) is 5.41 Å². The largest absolute Gasteiger partial charge is 0.481 e. The SMILES string of the molecule is O=C(O)CCCCC(=O)O.O=C(O)CCCCCCC1(C(=O)O)CCCC1. The molecule has 1 aliphatic rings. The van der Waals surface area contributed by atoms with E-state index in [2.05, 4.69) is 0 Å². The summed E-state index contributed by atoms with van der Waals surface area (Å²) >= 11 is 0. The van der Waals surface area contributed by atoms with Crippen molar-refractivity contribution in [3.63, 3.8) is 0 Å². The molecule has 1 fully saturated rings. The average Bonchev–Trinajstić information content (AvgIpc) is 3.05. The molecule has 27 heavy (non-hydrogen) atoms. The van der Waals surface area contributed by atoms with Crippen molar-refractivity contribution in [1.29, 1.82) is 0 Å². The topological polar surface area (TPSA) is 149 Å². The first-order valence-electron chi connectivity index (χ1n) is 9.58. The molecule has 0 saturated heterocycles. The third-order valence-corrected chi connectivity index (χ3v) is 4.84. The smallest absolute Gasteiger partial charge is 0.309 e. The number of aliphatic carboxylic acids is 4. The summed E-state index contributed by atoms with van der Waals surface area (Å²) in [5, 5.41) is 34.0. The van der Waals surface area contributed by atoms with Gasteiger partial charge in [-0.2, -0.15) is 0 Å². The van der Waals surface area contributed by atoms with Crippen molar-refractivity contribution < 1.29 is 39.6 Å². The first-order valence-corrected chi connectivity index (χ1v) is 9.58. The lowest BCUT2D eigenvalue weighted by Gasteiger charge is -2.23. The summed E-state index contributed by atoms with van der Waals surface area (Å²) in [7, 11) is 0. The molecule has 0 aromatic heterocycles. The van der Waals surface area contributed by atoms with E-state index in [1.165, 1.54) is 0 Å². The first-order chi connectivity index (χ1) is 12.7. The molecule has 0 unspecified atom stereocenters. The third kappa shape index (κ3) is 12.8. The van der Waals surface area contributed by atoms with E-state index < -0.39 is 29.3 Å². The van der Waals surface area contributed by atoms with Gasteiger partial charge >= 0.3 is 23.9 Å². The van der Waals surface area contributed by atoms with Crippen molar-refractivity contribution in [2.24, 2.45) is 5.41 Å². The molecule has 8 heteroatoms. The van der Waals surface area contributed by atoms with Crippen LogP contribution in [0, 0.1) is 5.41 Å². The van der Waals surface area contributed by atoms with Crippen LogP contribution in [0.15, 0.2) is 0 Å². The Kier molecular flexibility index (Phi) is 12.9. The Bertz CT molecular complexity index is 464. The summed E-state index contributed by atoms with van der Waals surface area (Å²) in [6.07, 6.45) is 9.15. The number of carboxylic acid groups (broad SMARTS) is 4. The first kappa shape index (κ1) is 24.9. The van der Waals surface area contributed by atoms with Crippen LogP contribution in [0.4, 0.5) is 0 Å². The molecule has 1 aliphatic carbocycles. The summed E-state index contributed by atoms with van der Waals surface area (Å²) in [6.45, 7) is 0. The quantitative estimate of drug-likeness (QED) is 0.348. The van der Waals surface area contributed by atoms with Crippen molar-refractivity contribution in [2.45, 2.75) is 89.9 Å². The molecule has 0 amide bonds. The van der Waals surface area contributed by atoms with E-state index in [-0.39, 0.29) is 19.3 Å². The molecular weight excluding hydrogens is 356 g/mol. The fourth-order valence-electron chi connectivity index (χ4n) is 3.27. The monoisotopic (exact) mass is 388 g/mol. The van der Waals surface area contributed by atoms with Crippen molar-refractivity contribution in [3.05, 3.63) is 0 Å². The average molecular weight is 388 g/mol.